The summed E-state index contributed by atoms with van der Waals surface area (Å²) in [7, 11) is 0. The van der Waals surface area contributed by atoms with Crippen LogP contribution in [-0.2, 0) is 22.5 Å². The molecule has 1 N–H and O–H groups in total. The van der Waals surface area contributed by atoms with E-state index in [1.165, 1.54) is 38.5 Å². The van der Waals surface area contributed by atoms with E-state index < -0.39 is 11.6 Å². The van der Waals surface area contributed by atoms with E-state index in [2.05, 4.69) is 4.98 Å². The summed E-state index contributed by atoms with van der Waals surface area (Å²) in [4.78, 5) is 29.9. The first kappa shape index (κ1) is 24.1. The number of ether oxygens (including phenoxy) is 1. The van der Waals surface area contributed by atoms with Crippen LogP contribution in [0.4, 0.5) is 0 Å². The van der Waals surface area contributed by atoms with Crippen LogP contribution in [-0.4, -0.2) is 32.2 Å². The van der Waals surface area contributed by atoms with Crippen LogP contribution < -0.4 is 0 Å². The van der Waals surface area contributed by atoms with Crippen LogP contribution in [0.5, 0.6) is 0 Å². The molecule has 0 atom stereocenters. The van der Waals surface area contributed by atoms with Crippen LogP contribution in [0.15, 0.2) is 24.3 Å². The topological polar surface area (TPSA) is 81.4 Å². The number of nitrogens with zero attached hydrogens (tertiary/aromatic N) is 2. The summed E-state index contributed by atoms with van der Waals surface area (Å²) in [5.74, 6) is 1.64. The molecular formula is C29H38N2O4. The highest BCUT2D eigenvalue weighted by molar-refractivity contribution is 5.88. The number of hydrogen-bond donors (Lipinski definition) is 1. The van der Waals surface area contributed by atoms with Gasteiger partial charge in [-0.3, -0.25) is 4.79 Å². The minimum atomic E-state index is -1.04. The van der Waals surface area contributed by atoms with Gasteiger partial charge in [0.15, 0.2) is 5.69 Å². The molecule has 6 rings (SSSR count). The molecule has 1 aromatic carbocycles. The quantitative estimate of drug-likeness (QED) is 0.490. The van der Waals surface area contributed by atoms with E-state index >= 15 is 0 Å². The molecule has 0 amide bonds. The highest BCUT2D eigenvalue weighted by Gasteiger charge is 2.50. The van der Waals surface area contributed by atoms with E-state index in [1.54, 1.807) is 0 Å². The van der Waals surface area contributed by atoms with Crippen molar-refractivity contribution in [3.8, 4) is 11.4 Å². The molecule has 2 aromatic rings. The van der Waals surface area contributed by atoms with E-state index in [0.717, 1.165) is 35.3 Å². The maximum absolute atomic E-state index is 12.9. The first-order valence-electron chi connectivity index (χ1n) is 13.1. The van der Waals surface area contributed by atoms with Crippen LogP contribution in [0, 0.1) is 30.1 Å². The Kier molecular flexibility index (Phi) is 6.05. The SMILES string of the molecule is Cc1ccccc1-c1nc(C(=O)O)c(CCC23CC4CC(CC(C4)C2)C3)n1CC(=O)OC(C)(C)C. The number of carboxylic acids is 1. The minimum Gasteiger partial charge on any atom is -0.476 e. The summed E-state index contributed by atoms with van der Waals surface area (Å²) in [5, 5.41) is 10.1. The van der Waals surface area contributed by atoms with Crippen molar-refractivity contribution in [2.24, 2.45) is 23.2 Å². The van der Waals surface area contributed by atoms with Crippen molar-refractivity contribution in [2.45, 2.75) is 91.2 Å². The number of aromatic carboxylic acids is 1. The number of imidazole rings is 1. The summed E-state index contributed by atoms with van der Waals surface area (Å²) in [5.41, 5.74) is 2.25. The molecule has 1 aromatic heterocycles. The summed E-state index contributed by atoms with van der Waals surface area (Å²) < 4.78 is 7.45. The van der Waals surface area contributed by atoms with Gasteiger partial charge >= 0.3 is 11.9 Å². The smallest absolute Gasteiger partial charge is 0.356 e. The maximum Gasteiger partial charge on any atom is 0.356 e. The van der Waals surface area contributed by atoms with Crippen molar-refractivity contribution in [3.63, 3.8) is 0 Å². The summed E-state index contributed by atoms with van der Waals surface area (Å²) in [6.07, 6.45) is 9.54. The zero-order valence-electron chi connectivity index (χ0n) is 21.5. The van der Waals surface area contributed by atoms with Gasteiger partial charge in [0.1, 0.15) is 18.0 Å². The van der Waals surface area contributed by atoms with Crippen molar-refractivity contribution in [2.75, 3.05) is 0 Å². The second-order valence-corrected chi connectivity index (χ2v) is 12.4. The summed E-state index contributed by atoms with van der Waals surface area (Å²) >= 11 is 0. The maximum atomic E-state index is 12.9. The summed E-state index contributed by atoms with van der Waals surface area (Å²) in [6, 6.07) is 7.80. The molecule has 4 saturated carbocycles. The Labute approximate surface area is 208 Å². The average Bonchev–Trinajstić information content (AvgIpc) is 3.08. The van der Waals surface area contributed by atoms with Gasteiger partial charge in [-0.25, -0.2) is 9.78 Å². The minimum absolute atomic E-state index is 0.0442. The van der Waals surface area contributed by atoms with E-state index in [1.807, 2.05) is 56.5 Å². The van der Waals surface area contributed by atoms with Crippen molar-refractivity contribution in [3.05, 3.63) is 41.2 Å². The van der Waals surface area contributed by atoms with E-state index in [-0.39, 0.29) is 18.2 Å². The predicted octanol–water partition coefficient (Wildman–Crippen LogP) is 6.05. The first-order valence-corrected chi connectivity index (χ1v) is 13.1. The number of rotatable bonds is 7. The van der Waals surface area contributed by atoms with Gasteiger partial charge in [-0.15, -0.1) is 0 Å². The first-order chi connectivity index (χ1) is 16.5. The monoisotopic (exact) mass is 478 g/mol. The molecule has 0 unspecified atom stereocenters. The molecule has 35 heavy (non-hydrogen) atoms. The predicted molar refractivity (Wildman–Crippen MR) is 134 cm³/mol. The number of carbonyl (C=O) groups excluding carboxylic acids is 1. The molecule has 4 aliphatic carbocycles. The van der Waals surface area contributed by atoms with Crippen molar-refractivity contribution in [1.82, 2.24) is 9.55 Å². The Morgan fingerprint density at radius 2 is 1.69 bits per heavy atom. The number of esters is 1. The number of benzene rings is 1. The van der Waals surface area contributed by atoms with Crippen molar-refractivity contribution < 1.29 is 19.4 Å². The Morgan fingerprint density at radius 3 is 2.23 bits per heavy atom. The lowest BCUT2D eigenvalue weighted by Gasteiger charge is -2.57. The van der Waals surface area contributed by atoms with E-state index in [9.17, 15) is 14.7 Å². The Hall–Kier alpha value is -2.63. The molecule has 0 saturated heterocycles. The highest BCUT2D eigenvalue weighted by Crippen LogP contribution is 2.61. The molecule has 4 aliphatic rings. The number of carbonyl (C=O) groups is 2. The van der Waals surface area contributed by atoms with Gasteiger partial charge in [-0.05, 0) is 108 Å². The normalized spacial score (nSPS) is 27.3. The highest BCUT2D eigenvalue weighted by atomic mass is 16.6. The molecular weight excluding hydrogens is 440 g/mol. The molecule has 0 spiro atoms. The van der Waals surface area contributed by atoms with E-state index in [0.29, 0.717) is 23.4 Å². The summed E-state index contributed by atoms with van der Waals surface area (Å²) in [6.45, 7) is 7.47. The fourth-order valence-corrected chi connectivity index (χ4v) is 7.59. The number of aryl methyl sites for hydroxylation is 1. The van der Waals surface area contributed by atoms with Crippen molar-refractivity contribution >= 4 is 11.9 Å². The zero-order chi connectivity index (χ0) is 25.0. The van der Waals surface area contributed by atoms with Crippen LogP contribution in [0.1, 0.15) is 87.5 Å². The molecule has 6 heteroatoms. The Bertz CT molecular complexity index is 1100. The van der Waals surface area contributed by atoms with Crippen LogP contribution in [0.3, 0.4) is 0 Å². The molecule has 188 valence electrons. The average molecular weight is 479 g/mol. The lowest BCUT2D eigenvalue weighted by atomic mass is 9.48. The van der Waals surface area contributed by atoms with Crippen LogP contribution in [0.2, 0.25) is 0 Å². The van der Waals surface area contributed by atoms with Crippen LogP contribution in [0.25, 0.3) is 11.4 Å². The van der Waals surface area contributed by atoms with Gasteiger partial charge in [-0.2, -0.15) is 0 Å². The molecule has 1 heterocycles. The fraction of sp³-hybridized carbons (Fsp3) is 0.621. The molecule has 6 nitrogen and oxygen atoms in total. The molecule has 4 bridgehead atoms. The molecule has 0 aliphatic heterocycles. The van der Waals surface area contributed by atoms with Gasteiger partial charge in [0.05, 0.1) is 5.69 Å². The van der Waals surface area contributed by atoms with E-state index in [4.69, 9.17) is 4.74 Å². The third-order valence-corrected chi connectivity index (χ3v) is 8.43. The van der Waals surface area contributed by atoms with Gasteiger partial charge in [-0.1, -0.05) is 24.3 Å². The fourth-order valence-electron chi connectivity index (χ4n) is 7.59. The number of aromatic nitrogens is 2. The van der Waals surface area contributed by atoms with Crippen LogP contribution >= 0.6 is 0 Å². The standard InChI is InChI=1S/C29H38N2O4/c1-18-7-5-6-8-22(18)26-30-25(27(33)34)23(31(26)17-24(32)35-28(2,3)4)9-10-29-14-19-11-20(15-29)13-21(12-19)16-29/h5-8,19-21H,9-17H2,1-4H3,(H,33,34). The lowest BCUT2D eigenvalue weighted by molar-refractivity contribution is -0.155. The Balaban J connectivity index is 1.51. The second kappa shape index (κ2) is 8.79. The van der Waals surface area contributed by atoms with Gasteiger partial charge in [0.2, 0.25) is 0 Å². The third kappa shape index (κ3) is 4.89. The number of hydrogen-bond acceptors (Lipinski definition) is 4. The molecule has 4 fully saturated rings. The molecule has 0 radical (unpaired) electrons. The number of carboxylic acid groups (broad SMARTS) is 1. The van der Waals surface area contributed by atoms with Gasteiger partial charge in [0, 0.05) is 5.56 Å². The van der Waals surface area contributed by atoms with Gasteiger partial charge < -0.3 is 14.4 Å². The largest absolute Gasteiger partial charge is 0.476 e. The Morgan fingerprint density at radius 1 is 1.09 bits per heavy atom. The lowest BCUT2D eigenvalue weighted by Crippen LogP contribution is -2.46. The third-order valence-electron chi connectivity index (χ3n) is 8.43. The second-order valence-electron chi connectivity index (χ2n) is 12.4. The zero-order valence-corrected chi connectivity index (χ0v) is 21.5. The van der Waals surface area contributed by atoms with Gasteiger partial charge in [0.25, 0.3) is 0 Å². The van der Waals surface area contributed by atoms with Crippen molar-refractivity contribution in [1.29, 1.82) is 0 Å².